The number of nitrogens with two attached hydrogens (primary N) is 1. The predicted octanol–water partition coefficient (Wildman–Crippen LogP) is 4.22. The van der Waals surface area contributed by atoms with Gasteiger partial charge in [-0.1, -0.05) is 0 Å². The van der Waals surface area contributed by atoms with Crippen molar-refractivity contribution < 1.29 is 23.1 Å². The van der Waals surface area contributed by atoms with E-state index in [-0.39, 0.29) is 23.2 Å². The third-order valence-electron chi connectivity index (χ3n) is 6.44. The summed E-state index contributed by atoms with van der Waals surface area (Å²) in [7, 11) is 1.49. The number of primary amides is 1. The van der Waals surface area contributed by atoms with Gasteiger partial charge in [-0.15, -0.1) is 0 Å². The number of aromatic nitrogens is 5. The van der Waals surface area contributed by atoms with Crippen LogP contribution in [0.1, 0.15) is 39.9 Å². The second-order valence-electron chi connectivity index (χ2n) is 9.26. The van der Waals surface area contributed by atoms with E-state index in [0.717, 1.165) is 5.69 Å². The van der Waals surface area contributed by atoms with E-state index in [1.807, 2.05) is 18.4 Å². The minimum Gasteiger partial charge on any atom is -0.494 e. The summed E-state index contributed by atoms with van der Waals surface area (Å²) in [5.74, 6) is -0.144. The first-order chi connectivity index (χ1) is 19.8. The Morgan fingerprint density at radius 3 is 2.66 bits per heavy atom. The minimum atomic E-state index is -0.622. The number of amides is 2. The Morgan fingerprint density at radius 2 is 1.95 bits per heavy atom. The highest BCUT2D eigenvalue weighted by molar-refractivity contribution is 6.04. The molecule has 3 aromatic heterocycles. The number of benzene rings is 2. The maximum absolute atomic E-state index is 13.2. The van der Waals surface area contributed by atoms with Gasteiger partial charge in [-0.05, 0) is 62.7 Å². The molecule has 5 aromatic rings. The fourth-order valence-corrected chi connectivity index (χ4v) is 4.51. The van der Waals surface area contributed by atoms with Crippen LogP contribution in [0.2, 0.25) is 0 Å². The van der Waals surface area contributed by atoms with E-state index in [9.17, 15) is 14.0 Å². The number of methoxy groups -OCH3 is 1. The molecule has 0 aliphatic heterocycles. The van der Waals surface area contributed by atoms with Crippen LogP contribution in [0.15, 0.2) is 53.1 Å². The smallest absolute Gasteiger partial charge is 0.295 e. The molecule has 0 spiro atoms. The van der Waals surface area contributed by atoms with Crippen LogP contribution in [-0.4, -0.2) is 49.8 Å². The Morgan fingerprint density at radius 1 is 1.17 bits per heavy atom. The normalized spacial score (nSPS) is 11.1. The van der Waals surface area contributed by atoms with Crippen molar-refractivity contribution in [2.24, 2.45) is 5.73 Å². The van der Waals surface area contributed by atoms with Gasteiger partial charge in [0.1, 0.15) is 22.8 Å². The van der Waals surface area contributed by atoms with E-state index in [1.165, 1.54) is 19.2 Å². The maximum atomic E-state index is 13.2. The number of anilines is 2. The number of halogens is 1. The summed E-state index contributed by atoms with van der Waals surface area (Å²) in [4.78, 5) is 34.0. The molecule has 212 valence electrons. The molecule has 0 fully saturated rings. The van der Waals surface area contributed by atoms with Crippen LogP contribution in [-0.2, 0) is 13.1 Å². The van der Waals surface area contributed by atoms with Crippen LogP contribution in [0.4, 0.5) is 16.4 Å². The maximum Gasteiger partial charge on any atom is 0.295 e. The lowest BCUT2D eigenvalue weighted by atomic mass is 10.1. The van der Waals surface area contributed by atoms with Crippen LogP contribution >= 0.6 is 0 Å². The zero-order valence-corrected chi connectivity index (χ0v) is 22.8. The van der Waals surface area contributed by atoms with E-state index >= 15 is 0 Å². The molecule has 0 radical (unpaired) electrons. The molecular formula is C28H29FN8O4. The van der Waals surface area contributed by atoms with Crippen LogP contribution in [0.3, 0.4) is 0 Å². The quantitative estimate of drug-likeness (QED) is 0.203. The van der Waals surface area contributed by atoms with Gasteiger partial charge < -0.3 is 24.8 Å². The highest BCUT2D eigenvalue weighted by Gasteiger charge is 2.21. The van der Waals surface area contributed by atoms with Gasteiger partial charge in [0.15, 0.2) is 5.76 Å². The number of aryl methyl sites for hydroxylation is 3. The van der Waals surface area contributed by atoms with Crippen LogP contribution in [0.5, 0.6) is 5.75 Å². The van der Waals surface area contributed by atoms with E-state index < -0.39 is 5.91 Å². The number of nitrogens with one attached hydrogen (secondary N) is 2. The molecule has 2 amide bonds. The van der Waals surface area contributed by atoms with Crippen molar-refractivity contribution in [1.82, 2.24) is 24.3 Å². The monoisotopic (exact) mass is 560 g/mol. The molecule has 2 aromatic carbocycles. The van der Waals surface area contributed by atoms with Gasteiger partial charge in [-0.2, -0.15) is 5.10 Å². The van der Waals surface area contributed by atoms with Gasteiger partial charge in [0.2, 0.25) is 11.9 Å². The predicted molar refractivity (Wildman–Crippen MR) is 150 cm³/mol. The number of ether oxygens (including phenoxy) is 1. The second-order valence-corrected chi connectivity index (χ2v) is 9.26. The van der Waals surface area contributed by atoms with Crippen molar-refractivity contribution in [2.45, 2.75) is 33.4 Å². The number of hydrogen-bond donors (Lipinski definition) is 3. The van der Waals surface area contributed by atoms with Gasteiger partial charge >= 0.3 is 0 Å². The fourth-order valence-electron chi connectivity index (χ4n) is 4.51. The van der Waals surface area contributed by atoms with Gasteiger partial charge in [0, 0.05) is 30.8 Å². The Labute approximate surface area is 234 Å². The zero-order valence-electron chi connectivity index (χ0n) is 22.8. The van der Waals surface area contributed by atoms with Gasteiger partial charge in [0.25, 0.3) is 11.9 Å². The number of hydrogen-bond acceptors (Lipinski definition) is 8. The molecule has 12 nitrogen and oxygen atoms in total. The lowest BCUT2D eigenvalue weighted by molar-refractivity contribution is 0.0995. The molecule has 0 bridgehead atoms. The SMILES string of the molecule is CCn1nc(C)cc1C(=O)Nc1nc2cc(C(N)=O)cc(OC)c2n1CCCNc1ncc(-c2ccc(F)cc2)o1. The molecule has 0 aliphatic carbocycles. The minimum absolute atomic E-state index is 0.235. The molecule has 0 unspecified atom stereocenters. The Bertz CT molecular complexity index is 1720. The summed E-state index contributed by atoms with van der Waals surface area (Å²) < 4.78 is 28.0. The summed E-state index contributed by atoms with van der Waals surface area (Å²) >= 11 is 0. The van der Waals surface area contributed by atoms with E-state index in [1.54, 1.807) is 41.2 Å². The van der Waals surface area contributed by atoms with Gasteiger partial charge in [-0.25, -0.2) is 14.4 Å². The number of carbonyl (C=O) groups is 2. The third-order valence-corrected chi connectivity index (χ3v) is 6.44. The van der Waals surface area contributed by atoms with Crippen molar-refractivity contribution in [1.29, 1.82) is 0 Å². The summed E-state index contributed by atoms with van der Waals surface area (Å²) in [6.07, 6.45) is 2.14. The average molecular weight is 561 g/mol. The van der Waals surface area contributed by atoms with Crippen molar-refractivity contribution in [3.63, 3.8) is 0 Å². The topological polar surface area (TPSA) is 155 Å². The molecular weight excluding hydrogens is 531 g/mol. The molecule has 4 N–H and O–H groups in total. The number of imidazole rings is 1. The number of oxazole rings is 1. The molecule has 0 saturated heterocycles. The van der Waals surface area contributed by atoms with Crippen LogP contribution in [0, 0.1) is 12.7 Å². The number of rotatable bonds is 11. The Hall–Kier alpha value is -5.20. The molecule has 0 atom stereocenters. The standard InChI is InChI=1S/C28H29FN8O4/c1-4-37-21(12-16(2)35-37)26(39)34-27-33-20-13-18(25(30)38)14-22(40-3)24(20)36(27)11-5-10-31-28-32-15-23(41-28)17-6-8-19(29)9-7-17/h6-9,12-15H,4-5,10-11H2,1-3H3,(H2,30,38)(H,31,32)(H,33,34,39). The summed E-state index contributed by atoms with van der Waals surface area (Å²) in [5, 5.41) is 10.4. The number of carbonyl (C=O) groups excluding carboxylic acids is 2. The summed E-state index contributed by atoms with van der Waals surface area (Å²) in [5.41, 5.74) is 8.62. The fraction of sp³-hybridized carbons (Fsp3) is 0.250. The first-order valence-electron chi connectivity index (χ1n) is 13.0. The van der Waals surface area contributed by atoms with Gasteiger partial charge in [-0.3, -0.25) is 19.6 Å². The zero-order chi connectivity index (χ0) is 29.1. The number of nitrogens with zero attached hydrogens (tertiary/aromatic N) is 5. The number of fused-ring (bicyclic) bond motifs is 1. The molecule has 41 heavy (non-hydrogen) atoms. The van der Waals surface area contributed by atoms with E-state index in [2.05, 4.69) is 25.7 Å². The Balaban J connectivity index is 1.38. The van der Waals surface area contributed by atoms with Crippen LogP contribution < -0.4 is 21.1 Å². The Kier molecular flexibility index (Phi) is 7.68. The highest BCUT2D eigenvalue weighted by atomic mass is 19.1. The molecule has 5 rings (SSSR count). The van der Waals surface area contributed by atoms with Crippen molar-refractivity contribution in [3.8, 4) is 17.1 Å². The molecule has 13 heteroatoms. The lowest BCUT2D eigenvalue weighted by Crippen LogP contribution is -2.20. The third kappa shape index (κ3) is 5.73. The molecule has 3 heterocycles. The first kappa shape index (κ1) is 27.4. The van der Waals surface area contributed by atoms with E-state index in [4.69, 9.17) is 14.9 Å². The highest BCUT2D eigenvalue weighted by Crippen LogP contribution is 2.31. The van der Waals surface area contributed by atoms with Crippen molar-refractivity contribution in [2.75, 3.05) is 24.3 Å². The van der Waals surface area contributed by atoms with Gasteiger partial charge in [0.05, 0.1) is 24.5 Å². The van der Waals surface area contributed by atoms with Crippen LogP contribution in [0.25, 0.3) is 22.4 Å². The lowest BCUT2D eigenvalue weighted by Gasteiger charge is -2.13. The first-order valence-corrected chi connectivity index (χ1v) is 13.0. The summed E-state index contributed by atoms with van der Waals surface area (Å²) in [6.45, 7) is 5.14. The largest absolute Gasteiger partial charge is 0.494 e. The van der Waals surface area contributed by atoms with Crippen molar-refractivity contribution >= 4 is 34.8 Å². The van der Waals surface area contributed by atoms with Crippen molar-refractivity contribution in [3.05, 3.63) is 71.4 Å². The molecule has 0 saturated carbocycles. The average Bonchev–Trinajstić information content (AvgIpc) is 3.67. The summed E-state index contributed by atoms with van der Waals surface area (Å²) in [6, 6.07) is 11.1. The second kappa shape index (κ2) is 11.5. The molecule has 0 aliphatic rings. The van der Waals surface area contributed by atoms with E-state index in [0.29, 0.717) is 65.9 Å².